The fraction of sp³-hybridized carbons (Fsp3) is 0.846. The van der Waals surface area contributed by atoms with E-state index in [1.807, 2.05) is 0 Å². The van der Waals surface area contributed by atoms with Gasteiger partial charge in [0, 0.05) is 26.1 Å². The molecule has 2 saturated heterocycles. The maximum atomic E-state index is 11.9. The van der Waals surface area contributed by atoms with Crippen LogP contribution in [0.25, 0.3) is 0 Å². The predicted molar refractivity (Wildman–Crippen MR) is 71.5 cm³/mol. The highest BCUT2D eigenvalue weighted by Crippen LogP contribution is 2.12. The van der Waals surface area contributed by atoms with Crippen LogP contribution in [-0.2, 0) is 23.9 Å². The summed E-state index contributed by atoms with van der Waals surface area (Å²) in [4.78, 5) is 27.8. The average Bonchev–Trinajstić information content (AvgIpc) is 2.97. The van der Waals surface area contributed by atoms with Crippen LogP contribution in [0.5, 0.6) is 0 Å². The van der Waals surface area contributed by atoms with Crippen molar-refractivity contribution in [1.29, 1.82) is 0 Å². The monoisotopic (exact) mass is 302 g/mol. The third kappa shape index (κ3) is 5.58. The van der Waals surface area contributed by atoms with Gasteiger partial charge < -0.3 is 19.9 Å². The molecule has 21 heavy (non-hydrogen) atoms. The molecule has 1 amide bonds. The number of aliphatic carboxylic acids is 1. The summed E-state index contributed by atoms with van der Waals surface area (Å²) in [6.07, 6.45) is 1.58. The molecule has 0 aromatic heterocycles. The van der Waals surface area contributed by atoms with Gasteiger partial charge in [-0.15, -0.1) is 0 Å². The maximum Gasteiger partial charge on any atom is 0.329 e. The summed E-state index contributed by atoms with van der Waals surface area (Å²) in [5.74, 6) is -1.12. The molecule has 2 N–H and O–H groups in total. The summed E-state index contributed by atoms with van der Waals surface area (Å²) in [5, 5.41) is 13.3. The van der Waals surface area contributed by atoms with Gasteiger partial charge in [0.1, 0.15) is 6.61 Å². The number of carboxylic acid groups (broad SMARTS) is 1. The van der Waals surface area contributed by atoms with Crippen LogP contribution in [0.2, 0.25) is 0 Å². The minimum atomic E-state index is -1.02. The molecule has 8 heteroatoms. The van der Waals surface area contributed by atoms with Crippen LogP contribution in [0.1, 0.15) is 19.3 Å². The number of rotatable bonds is 7. The number of hydrogen-bond acceptors (Lipinski definition) is 6. The van der Waals surface area contributed by atoms with Crippen LogP contribution >= 0.6 is 0 Å². The second kappa shape index (κ2) is 8.28. The number of carbonyl (C=O) groups excluding carboxylic acids is 1. The lowest BCUT2D eigenvalue weighted by molar-refractivity contribution is -0.148. The number of hydrogen-bond donors (Lipinski definition) is 2. The van der Waals surface area contributed by atoms with Gasteiger partial charge in [-0.1, -0.05) is 0 Å². The van der Waals surface area contributed by atoms with Crippen LogP contribution in [0.15, 0.2) is 0 Å². The SMILES string of the molecule is O=C(O)CO[C@@H]1CCOC[C@@H]1NC(=O)CCN1CCCO1. The lowest BCUT2D eigenvalue weighted by atomic mass is 10.1. The number of ether oxygens (including phenoxy) is 2. The van der Waals surface area contributed by atoms with Gasteiger partial charge in [-0.05, 0) is 12.8 Å². The molecule has 0 bridgehead atoms. The van der Waals surface area contributed by atoms with E-state index in [0.29, 0.717) is 39.2 Å². The van der Waals surface area contributed by atoms with Gasteiger partial charge >= 0.3 is 5.97 Å². The Labute approximate surface area is 123 Å². The molecule has 2 fully saturated rings. The van der Waals surface area contributed by atoms with E-state index >= 15 is 0 Å². The predicted octanol–water partition coefficient (Wildman–Crippen LogP) is -0.611. The van der Waals surface area contributed by atoms with E-state index in [2.05, 4.69) is 5.32 Å². The van der Waals surface area contributed by atoms with Crippen molar-refractivity contribution >= 4 is 11.9 Å². The molecule has 0 spiro atoms. The van der Waals surface area contributed by atoms with Crippen molar-refractivity contribution in [3.63, 3.8) is 0 Å². The summed E-state index contributed by atoms with van der Waals surface area (Å²) in [6, 6.07) is -0.301. The fourth-order valence-corrected chi connectivity index (χ4v) is 2.41. The maximum absolute atomic E-state index is 11.9. The average molecular weight is 302 g/mol. The van der Waals surface area contributed by atoms with Crippen molar-refractivity contribution < 1.29 is 29.0 Å². The molecule has 2 aliphatic rings. The van der Waals surface area contributed by atoms with Gasteiger partial charge in [-0.25, -0.2) is 4.79 Å². The minimum Gasteiger partial charge on any atom is -0.480 e. The Morgan fingerprint density at radius 3 is 2.95 bits per heavy atom. The molecule has 0 aromatic rings. The normalized spacial score (nSPS) is 26.7. The van der Waals surface area contributed by atoms with Crippen molar-refractivity contribution in [2.75, 3.05) is 39.5 Å². The topological polar surface area (TPSA) is 97.3 Å². The molecule has 8 nitrogen and oxygen atoms in total. The number of carbonyl (C=O) groups is 2. The Hall–Kier alpha value is -1.22. The van der Waals surface area contributed by atoms with E-state index in [1.54, 1.807) is 5.06 Å². The third-order valence-corrected chi connectivity index (χ3v) is 3.47. The molecule has 0 radical (unpaired) electrons. The van der Waals surface area contributed by atoms with Gasteiger partial charge in [-0.2, -0.15) is 5.06 Å². The van der Waals surface area contributed by atoms with E-state index < -0.39 is 5.97 Å². The van der Waals surface area contributed by atoms with Crippen LogP contribution in [0.4, 0.5) is 0 Å². The summed E-state index contributed by atoms with van der Waals surface area (Å²) in [7, 11) is 0. The van der Waals surface area contributed by atoms with E-state index in [4.69, 9.17) is 19.4 Å². The van der Waals surface area contributed by atoms with E-state index in [1.165, 1.54) is 0 Å². The van der Waals surface area contributed by atoms with Crippen molar-refractivity contribution in [2.45, 2.75) is 31.4 Å². The number of amides is 1. The summed E-state index contributed by atoms with van der Waals surface area (Å²) in [6.45, 7) is 2.61. The molecule has 120 valence electrons. The summed E-state index contributed by atoms with van der Waals surface area (Å²) in [5.41, 5.74) is 0. The largest absolute Gasteiger partial charge is 0.480 e. The van der Waals surface area contributed by atoms with Crippen LogP contribution in [-0.4, -0.2) is 73.7 Å². The number of hydroxylamine groups is 2. The fourth-order valence-electron chi connectivity index (χ4n) is 2.41. The molecule has 0 aliphatic carbocycles. The Bertz CT molecular complexity index is 359. The highest BCUT2D eigenvalue weighted by molar-refractivity contribution is 5.76. The zero-order valence-electron chi connectivity index (χ0n) is 12.0. The molecule has 0 aromatic carbocycles. The van der Waals surface area contributed by atoms with Gasteiger partial charge in [0.2, 0.25) is 5.91 Å². The molecule has 2 aliphatic heterocycles. The highest BCUT2D eigenvalue weighted by atomic mass is 16.7. The highest BCUT2D eigenvalue weighted by Gasteiger charge is 2.28. The second-order valence-electron chi connectivity index (χ2n) is 5.15. The first kappa shape index (κ1) is 16.2. The quantitative estimate of drug-likeness (QED) is 0.647. The van der Waals surface area contributed by atoms with E-state index in [9.17, 15) is 9.59 Å². The molecule has 2 atom stereocenters. The van der Waals surface area contributed by atoms with Crippen molar-refractivity contribution in [3.05, 3.63) is 0 Å². The van der Waals surface area contributed by atoms with Crippen LogP contribution in [0, 0.1) is 0 Å². The van der Waals surface area contributed by atoms with Gasteiger partial charge in [-0.3, -0.25) is 9.63 Å². The summed E-state index contributed by atoms with van der Waals surface area (Å²) >= 11 is 0. The molecular formula is C13H22N2O6. The Morgan fingerprint density at radius 2 is 2.24 bits per heavy atom. The Balaban J connectivity index is 1.72. The first-order chi connectivity index (χ1) is 10.1. The van der Waals surface area contributed by atoms with Crippen LogP contribution in [0.3, 0.4) is 0 Å². The number of carboxylic acids is 1. The molecule has 0 unspecified atom stereocenters. The third-order valence-electron chi connectivity index (χ3n) is 3.47. The second-order valence-corrected chi connectivity index (χ2v) is 5.15. The lowest BCUT2D eigenvalue weighted by Crippen LogP contribution is -2.51. The zero-order chi connectivity index (χ0) is 15.1. The van der Waals surface area contributed by atoms with Gasteiger partial charge in [0.15, 0.2) is 0 Å². The van der Waals surface area contributed by atoms with Gasteiger partial charge in [0.25, 0.3) is 0 Å². The Morgan fingerprint density at radius 1 is 1.38 bits per heavy atom. The summed E-state index contributed by atoms with van der Waals surface area (Å²) < 4.78 is 10.6. The van der Waals surface area contributed by atoms with Crippen molar-refractivity contribution in [2.24, 2.45) is 0 Å². The number of nitrogens with zero attached hydrogens (tertiary/aromatic N) is 1. The van der Waals surface area contributed by atoms with Crippen molar-refractivity contribution in [1.82, 2.24) is 10.4 Å². The first-order valence-electron chi connectivity index (χ1n) is 7.23. The molecular weight excluding hydrogens is 280 g/mol. The van der Waals surface area contributed by atoms with Crippen LogP contribution < -0.4 is 5.32 Å². The van der Waals surface area contributed by atoms with Crippen molar-refractivity contribution in [3.8, 4) is 0 Å². The molecule has 2 heterocycles. The van der Waals surface area contributed by atoms with E-state index in [-0.39, 0.29) is 24.7 Å². The molecule has 0 saturated carbocycles. The number of nitrogens with one attached hydrogen (secondary N) is 1. The minimum absolute atomic E-state index is 0.107. The smallest absolute Gasteiger partial charge is 0.329 e. The standard InChI is InChI=1S/C13H22N2O6/c16-12(2-5-15-4-1-6-21-15)14-10-8-19-7-3-11(10)20-9-13(17)18/h10-11H,1-9H2,(H,14,16)(H,17,18)/t10-,11+/m0/s1. The lowest BCUT2D eigenvalue weighted by Gasteiger charge is -2.31. The van der Waals surface area contributed by atoms with Gasteiger partial charge in [0.05, 0.1) is 25.4 Å². The zero-order valence-corrected chi connectivity index (χ0v) is 12.0. The Kier molecular flexibility index (Phi) is 6.37. The van der Waals surface area contributed by atoms with E-state index in [0.717, 1.165) is 13.0 Å². The molecule has 2 rings (SSSR count). The first-order valence-corrected chi connectivity index (χ1v) is 7.23.